The van der Waals surface area contributed by atoms with Crippen LogP contribution in [0.1, 0.15) is 10.4 Å². The summed E-state index contributed by atoms with van der Waals surface area (Å²) in [6.45, 7) is 2.81. The zero-order valence-corrected chi connectivity index (χ0v) is 9.26. The number of nitrogens with zero attached hydrogens (tertiary/aromatic N) is 2. The molecule has 1 aromatic carbocycles. The molecule has 2 rings (SSSR count). The summed E-state index contributed by atoms with van der Waals surface area (Å²) in [5, 5.41) is 13.8. The fraction of sp³-hybridized carbons (Fsp3) is 0.364. The molecule has 6 nitrogen and oxygen atoms in total. The number of hydrogen-bond acceptors (Lipinski definition) is 4. The van der Waals surface area contributed by atoms with Gasteiger partial charge in [0.1, 0.15) is 0 Å². The molecule has 1 N–H and O–H groups in total. The first-order valence-corrected chi connectivity index (χ1v) is 5.43. The van der Waals surface area contributed by atoms with Crippen molar-refractivity contribution in [2.75, 3.05) is 26.2 Å². The van der Waals surface area contributed by atoms with Crippen LogP contribution in [0.3, 0.4) is 0 Å². The number of rotatable bonds is 2. The quantitative estimate of drug-likeness (QED) is 0.603. The number of benzene rings is 1. The molecular formula is C11H13N3O3. The topological polar surface area (TPSA) is 75.5 Å². The van der Waals surface area contributed by atoms with Crippen molar-refractivity contribution < 1.29 is 9.72 Å². The molecule has 6 heteroatoms. The molecule has 17 heavy (non-hydrogen) atoms. The summed E-state index contributed by atoms with van der Waals surface area (Å²) in [6, 6.07) is 5.85. The normalized spacial score (nSPS) is 15.6. The number of nitro benzene ring substituents is 1. The largest absolute Gasteiger partial charge is 0.336 e. The molecule has 0 saturated carbocycles. The van der Waals surface area contributed by atoms with E-state index in [9.17, 15) is 14.9 Å². The Kier molecular flexibility index (Phi) is 3.34. The van der Waals surface area contributed by atoms with Crippen LogP contribution < -0.4 is 5.32 Å². The molecule has 1 aliphatic heterocycles. The third-order valence-corrected chi connectivity index (χ3v) is 2.71. The maximum absolute atomic E-state index is 12.1. The molecule has 1 fully saturated rings. The highest BCUT2D eigenvalue weighted by atomic mass is 16.6. The second-order valence-electron chi connectivity index (χ2n) is 3.85. The average Bonchev–Trinajstić information content (AvgIpc) is 2.39. The maximum Gasteiger partial charge on any atom is 0.270 e. The fourth-order valence-corrected chi connectivity index (χ4v) is 1.80. The Morgan fingerprint density at radius 1 is 1.35 bits per heavy atom. The highest BCUT2D eigenvalue weighted by Crippen LogP contribution is 2.15. The molecule has 0 spiro atoms. The number of carbonyl (C=O) groups excluding carboxylic acids is 1. The lowest BCUT2D eigenvalue weighted by molar-refractivity contribution is -0.384. The van der Waals surface area contributed by atoms with E-state index in [4.69, 9.17) is 0 Å². The first kappa shape index (κ1) is 11.5. The number of piperazine rings is 1. The van der Waals surface area contributed by atoms with Crippen molar-refractivity contribution in [3.63, 3.8) is 0 Å². The van der Waals surface area contributed by atoms with Crippen molar-refractivity contribution >= 4 is 11.6 Å². The van der Waals surface area contributed by atoms with Crippen molar-refractivity contribution in [2.24, 2.45) is 0 Å². The summed E-state index contributed by atoms with van der Waals surface area (Å²) in [7, 11) is 0. The van der Waals surface area contributed by atoms with Crippen molar-refractivity contribution in [3.05, 3.63) is 39.9 Å². The Hall–Kier alpha value is -1.95. The molecule has 1 heterocycles. The Labute approximate surface area is 98.4 Å². The van der Waals surface area contributed by atoms with Crippen LogP contribution in [0.4, 0.5) is 5.69 Å². The Bertz CT molecular complexity index is 441. The Morgan fingerprint density at radius 2 is 2.06 bits per heavy atom. The van der Waals surface area contributed by atoms with Crippen LogP contribution in [0, 0.1) is 10.1 Å². The van der Waals surface area contributed by atoms with Gasteiger partial charge in [-0.3, -0.25) is 14.9 Å². The van der Waals surface area contributed by atoms with E-state index in [1.807, 2.05) is 0 Å². The van der Waals surface area contributed by atoms with Crippen molar-refractivity contribution in [3.8, 4) is 0 Å². The molecule has 0 aliphatic carbocycles. The number of nitro groups is 1. The summed E-state index contributed by atoms with van der Waals surface area (Å²) in [5.74, 6) is -0.143. The van der Waals surface area contributed by atoms with Crippen LogP contribution in [-0.4, -0.2) is 41.9 Å². The first-order valence-electron chi connectivity index (χ1n) is 5.43. The van der Waals surface area contributed by atoms with Crippen LogP contribution in [0.15, 0.2) is 24.3 Å². The molecule has 0 radical (unpaired) electrons. The summed E-state index contributed by atoms with van der Waals surface area (Å²) in [5.41, 5.74) is 0.326. The van der Waals surface area contributed by atoms with Gasteiger partial charge in [-0.2, -0.15) is 0 Å². The lowest BCUT2D eigenvalue weighted by Gasteiger charge is -2.27. The molecule has 1 aliphatic rings. The van der Waals surface area contributed by atoms with Gasteiger partial charge in [0.2, 0.25) is 0 Å². The second kappa shape index (κ2) is 4.92. The third-order valence-electron chi connectivity index (χ3n) is 2.71. The van der Waals surface area contributed by atoms with Crippen LogP contribution in [0.5, 0.6) is 0 Å². The predicted octanol–water partition coefficient (Wildman–Crippen LogP) is 0.640. The molecular weight excluding hydrogens is 222 g/mol. The summed E-state index contributed by atoms with van der Waals surface area (Å²) >= 11 is 0. The van der Waals surface area contributed by atoms with Crippen molar-refractivity contribution in [1.29, 1.82) is 0 Å². The van der Waals surface area contributed by atoms with E-state index >= 15 is 0 Å². The van der Waals surface area contributed by atoms with Crippen molar-refractivity contribution in [2.45, 2.75) is 0 Å². The second-order valence-corrected chi connectivity index (χ2v) is 3.85. The monoisotopic (exact) mass is 235 g/mol. The van der Waals surface area contributed by atoms with Gasteiger partial charge >= 0.3 is 0 Å². The van der Waals surface area contributed by atoms with Gasteiger partial charge in [0.05, 0.1) is 4.92 Å². The summed E-state index contributed by atoms with van der Waals surface area (Å²) in [4.78, 5) is 23.9. The van der Waals surface area contributed by atoms with Gasteiger partial charge in [0, 0.05) is 43.9 Å². The van der Waals surface area contributed by atoms with Gasteiger partial charge in [-0.25, -0.2) is 0 Å². The SMILES string of the molecule is O=C(c1cccc([N+](=O)[O-])c1)N1CCNCC1. The van der Waals surface area contributed by atoms with Gasteiger partial charge in [0.15, 0.2) is 0 Å². The van der Waals surface area contributed by atoms with E-state index in [1.54, 1.807) is 11.0 Å². The molecule has 0 atom stereocenters. The van der Waals surface area contributed by atoms with Crippen molar-refractivity contribution in [1.82, 2.24) is 10.2 Å². The molecule has 1 aromatic rings. The number of carbonyl (C=O) groups is 1. The number of amides is 1. The minimum absolute atomic E-state index is 0.0500. The van der Waals surface area contributed by atoms with Crippen LogP contribution in [-0.2, 0) is 0 Å². The molecule has 1 saturated heterocycles. The maximum atomic E-state index is 12.1. The Balaban J connectivity index is 2.18. The molecule has 90 valence electrons. The zero-order valence-electron chi connectivity index (χ0n) is 9.26. The molecule has 0 unspecified atom stereocenters. The van der Waals surface area contributed by atoms with E-state index in [1.165, 1.54) is 18.2 Å². The van der Waals surface area contributed by atoms with Gasteiger partial charge in [-0.1, -0.05) is 6.07 Å². The minimum Gasteiger partial charge on any atom is -0.336 e. The Morgan fingerprint density at radius 3 is 2.71 bits per heavy atom. The van der Waals surface area contributed by atoms with Crippen LogP contribution in [0.25, 0.3) is 0 Å². The van der Waals surface area contributed by atoms with Gasteiger partial charge < -0.3 is 10.2 Å². The first-order chi connectivity index (χ1) is 8.18. The summed E-state index contributed by atoms with van der Waals surface area (Å²) < 4.78 is 0. The molecule has 0 aromatic heterocycles. The summed E-state index contributed by atoms with van der Waals surface area (Å²) in [6.07, 6.45) is 0. The van der Waals surface area contributed by atoms with E-state index in [2.05, 4.69) is 5.32 Å². The van der Waals surface area contributed by atoms with E-state index < -0.39 is 4.92 Å². The fourth-order valence-electron chi connectivity index (χ4n) is 1.80. The van der Waals surface area contributed by atoms with Crippen LogP contribution >= 0.6 is 0 Å². The number of non-ortho nitro benzene ring substituents is 1. The minimum atomic E-state index is -0.492. The average molecular weight is 235 g/mol. The van der Waals surface area contributed by atoms with Gasteiger partial charge in [-0.05, 0) is 6.07 Å². The third kappa shape index (κ3) is 2.59. The highest BCUT2D eigenvalue weighted by molar-refractivity contribution is 5.94. The van der Waals surface area contributed by atoms with E-state index in [0.29, 0.717) is 18.7 Å². The van der Waals surface area contributed by atoms with E-state index in [-0.39, 0.29) is 11.6 Å². The molecule has 0 bridgehead atoms. The number of hydrogen-bond donors (Lipinski definition) is 1. The van der Waals surface area contributed by atoms with Gasteiger partial charge in [-0.15, -0.1) is 0 Å². The molecule has 1 amide bonds. The lowest BCUT2D eigenvalue weighted by atomic mass is 10.1. The lowest BCUT2D eigenvalue weighted by Crippen LogP contribution is -2.46. The predicted molar refractivity (Wildman–Crippen MR) is 61.9 cm³/mol. The highest BCUT2D eigenvalue weighted by Gasteiger charge is 2.19. The van der Waals surface area contributed by atoms with Gasteiger partial charge in [0.25, 0.3) is 11.6 Å². The van der Waals surface area contributed by atoms with E-state index in [0.717, 1.165) is 13.1 Å². The zero-order chi connectivity index (χ0) is 12.3. The number of nitrogens with one attached hydrogen (secondary N) is 1. The van der Waals surface area contributed by atoms with Crippen LogP contribution in [0.2, 0.25) is 0 Å². The standard InChI is InChI=1S/C11H13N3O3/c15-11(13-6-4-12-5-7-13)9-2-1-3-10(8-9)14(16)17/h1-3,8,12H,4-7H2. The smallest absolute Gasteiger partial charge is 0.270 e.